The lowest BCUT2D eigenvalue weighted by molar-refractivity contribution is 0.326. The van der Waals surface area contributed by atoms with Gasteiger partial charge in [-0.15, -0.1) is 22.7 Å². The summed E-state index contributed by atoms with van der Waals surface area (Å²) in [7, 11) is 0. The lowest BCUT2D eigenvalue weighted by Gasteiger charge is -2.33. The number of nitrogens with zero attached hydrogens (tertiary/aromatic N) is 5. The number of thiophene rings is 1. The molecule has 31 heavy (non-hydrogen) atoms. The Bertz CT molecular complexity index is 1100. The third-order valence-corrected chi connectivity index (χ3v) is 7.66. The highest BCUT2D eigenvalue weighted by Gasteiger charge is 2.33. The van der Waals surface area contributed by atoms with Crippen LogP contribution < -0.4 is 0 Å². The van der Waals surface area contributed by atoms with Crippen LogP contribution in [0, 0.1) is 11.3 Å². The van der Waals surface area contributed by atoms with Crippen LogP contribution in [0.3, 0.4) is 0 Å². The molecule has 0 saturated carbocycles. The topological polar surface area (TPSA) is 67.4 Å². The van der Waals surface area contributed by atoms with Crippen molar-refractivity contribution >= 4 is 22.7 Å². The van der Waals surface area contributed by atoms with Crippen molar-refractivity contribution in [2.24, 2.45) is 0 Å². The maximum absolute atomic E-state index is 9.31. The highest BCUT2D eigenvalue weighted by molar-refractivity contribution is 7.12. The molecule has 0 radical (unpaired) electrons. The summed E-state index contributed by atoms with van der Waals surface area (Å²) in [6.45, 7) is 4.49. The third-order valence-electron chi connectivity index (χ3n) is 5.87. The molecule has 4 heterocycles. The molecule has 4 atom stereocenters. The SMILES string of the molecule is CC(CCC(c1ncccn1)C(C(C)c1ccc(C#N)s1)n1cccc1)c1cscn1. The van der Waals surface area contributed by atoms with Crippen LogP contribution in [0.5, 0.6) is 0 Å². The summed E-state index contributed by atoms with van der Waals surface area (Å²) in [5, 5.41) is 11.4. The minimum absolute atomic E-state index is 0.136. The zero-order valence-electron chi connectivity index (χ0n) is 17.6. The van der Waals surface area contributed by atoms with Gasteiger partial charge in [-0.1, -0.05) is 13.8 Å². The van der Waals surface area contributed by atoms with Gasteiger partial charge >= 0.3 is 0 Å². The summed E-state index contributed by atoms with van der Waals surface area (Å²) in [5.41, 5.74) is 3.05. The molecule has 0 N–H and O–H groups in total. The first kappa shape index (κ1) is 21.4. The van der Waals surface area contributed by atoms with Gasteiger partial charge in [-0.2, -0.15) is 5.26 Å². The molecule has 0 aliphatic carbocycles. The molecule has 0 aromatic carbocycles. The summed E-state index contributed by atoms with van der Waals surface area (Å²) in [4.78, 5) is 15.8. The van der Waals surface area contributed by atoms with Crippen LogP contribution in [0.1, 0.15) is 71.8 Å². The molecule has 4 aromatic rings. The molecule has 0 spiro atoms. The van der Waals surface area contributed by atoms with Gasteiger partial charge in [0, 0.05) is 46.9 Å². The van der Waals surface area contributed by atoms with Crippen molar-refractivity contribution in [3.63, 3.8) is 0 Å². The number of rotatable bonds is 9. The monoisotopic (exact) mass is 447 g/mol. The van der Waals surface area contributed by atoms with E-state index in [0.717, 1.165) is 29.2 Å². The molecule has 158 valence electrons. The first-order valence-electron chi connectivity index (χ1n) is 10.4. The molecule has 5 nitrogen and oxygen atoms in total. The Balaban J connectivity index is 1.68. The largest absolute Gasteiger partial charge is 0.350 e. The Morgan fingerprint density at radius 1 is 1.03 bits per heavy atom. The number of hydrogen-bond donors (Lipinski definition) is 0. The van der Waals surface area contributed by atoms with Gasteiger partial charge in [0.1, 0.15) is 16.8 Å². The second-order valence-electron chi connectivity index (χ2n) is 7.83. The normalized spacial score (nSPS) is 15.1. The quantitative estimate of drug-likeness (QED) is 0.298. The lowest BCUT2D eigenvalue weighted by atomic mass is 9.82. The molecule has 0 bridgehead atoms. The molecule has 0 aliphatic rings. The van der Waals surface area contributed by atoms with Crippen LogP contribution in [0.15, 0.2) is 66.0 Å². The maximum Gasteiger partial charge on any atom is 0.133 e. The number of nitriles is 1. The zero-order chi connectivity index (χ0) is 21.6. The Morgan fingerprint density at radius 3 is 2.45 bits per heavy atom. The summed E-state index contributed by atoms with van der Waals surface area (Å²) in [5.74, 6) is 1.60. The second-order valence-corrected chi connectivity index (χ2v) is 9.66. The number of hydrogen-bond acceptors (Lipinski definition) is 6. The Hall–Kier alpha value is -2.82. The van der Waals surface area contributed by atoms with Crippen LogP contribution >= 0.6 is 22.7 Å². The van der Waals surface area contributed by atoms with Crippen molar-refractivity contribution in [2.75, 3.05) is 0 Å². The van der Waals surface area contributed by atoms with E-state index in [-0.39, 0.29) is 17.9 Å². The molecule has 4 aromatic heterocycles. The van der Waals surface area contributed by atoms with Crippen molar-refractivity contribution in [3.8, 4) is 6.07 Å². The fraction of sp³-hybridized carbons (Fsp3) is 0.333. The van der Waals surface area contributed by atoms with Crippen molar-refractivity contribution in [3.05, 3.63) is 87.3 Å². The van der Waals surface area contributed by atoms with Crippen LogP contribution in [-0.4, -0.2) is 19.5 Å². The van der Waals surface area contributed by atoms with Gasteiger partial charge in [0.05, 0.1) is 17.2 Å². The van der Waals surface area contributed by atoms with Gasteiger partial charge in [0.15, 0.2) is 0 Å². The maximum atomic E-state index is 9.31. The van der Waals surface area contributed by atoms with Gasteiger partial charge in [-0.3, -0.25) is 0 Å². The van der Waals surface area contributed by atoms with Gasteiger partial charge < -0.3 is 4.57 Å². The summed E-state index contributed by atoms with van der Waals surface area (Å²) in [6, 6.07) is 12.4. The van der Waals surface area contributed by atoms with E-state index in [0.29, 0.717) is 5.92 Å². The van der Waals surface area contributed by atoms with E-state index in [2.05, 4.69) is 75.4 Å². The fourth-order valence-corrected chi connectivity index (χ4v) is 5.76. The standard InChI is InChI=1S/C24H25N5S2/c1-17(21-15-30-16-28-21)6-8-20(24-26-10-5-11-27-24)23(29-12-3-4-13-29)18(2)22-9-7-19(14-25)31-22/h3-5,7,9-13,15-18,20,23H,6,8H2,1-2H3. The van der Waals surface area contributed by atoms with Gasteiger partial charge in [-0.25, -0.2) is 15.0 Å². The predicted molar refractivity (Wildman–Crippen MR) is 125 cm³/mol. The Kier molecular flexibility index (Phi) is 6.90. The zero-order valence-corrected chi connectivity index (χ0v) is 19.3. The molecule has 0 amide bonds. The van der Waals surface area contributed by atoms with Crippen LogP contribution in [0.4, 0.5) is 0 Å². The van der Waals surface area contributed by atoms with E-state index >= 15 is 0 Å². The van der Waals surface area contributed by atoms with E-state index in [1.54, 1.807) is 22.7 Å². The van der Waals surface area contributed by atoms with E-state index in [9.17, 15) is 5.26 Å². The van der Waals surface area contributed by atoms with Crippen molar-refractivity contribution in [1.29, 1.82) is 5.26 Å². The van der Waals surface area contributed by atoms with E-state index < -0.39 is 0 Å². The minimum atomic E-state index is 0.136. The van der Waals surface area contributed by atoms with Gasteiger partial charge in [0.2, 0.25) is 0 Å². The van der Waals surface area contributed by atoms with Crippen LogP contribution in [-0.2, 0) is 0 Å². The van der Waals surface area contributed by atoms with Crippen molar-refractivity contribution < 1.29 is 0 Å². The molecule has 7 heteroatoms. The lowest BCUT2D eigenvalue weighted by Crippen LogP contribution is -2.24. The van der Waals surface area contributed by atoms with Gasteiger partial charge in [-0.05, 0) is 49.1 Å². The molecular formula is C24H25N5S2. The number of thiazole rings is 1. The van der Waals surface area contributed by atoms with Gasteiger partial charge in [0.25, 0.3) is 0 Å². The summed E-state index contributed by atoms with van der Waals surface area (Å²) >= 11 is 3.22. The fourth-order valence-electron chi connectivity index (χ4n) is 4.18. The summed E-state index contributed by atoms with van der Waals surface area (Å²) < 4.78 is 2.28. The average molecular weight is 448 g/mol. The first-order chi connectivity index (χ1) is 15.2. The van der Waals surface area contributed by atoms with E-state index in [4.69, 9.17) is 0 Å². The predicted octanol–water partition coefficient (Wildman–Crippen LogP) is 6.38. The molecule has 4 unspecified atom stereocenters. The Morgan fingerprint density at radius 2 is 1.81 bits per heavy atom. The van der Waals surface area contributed by atoms with Crippen molar-refractivity contribution in [2.45, 2.75) is 50.5 Å². The molecule has 0 fully saturated rings. The molecule has 0 saturated heterocycles. The van der Waals surface area contributed by atoms with Crippen molar-refractivity contribution in [1.82, 2.24) is 19.5 Å². The molecular weight excluding hydrogens is 422 g/mol. The Labute approximate surface area is 191 Å². The highest BCUT2D eigenvalue weighted by Crippen LogP contribution is 2.44. The smallest absolute Gasteiger partial charge is 0.133 e. The minimum Gasteiger partial charge on any atom is -0.350 e. The number of aromatic nitrogens is 4. The molecule has 0 aliphatic heterocycles. The van der Waals surface area contributed by atoms with E-state index in [1.807, 2.05) is 30.0 Å². The van der Waals surface area contributed by atoms with E-state index in [1.165, 1.54) is 4.88 Å². The third kappa shape index (κ3) is 4.92. The summed E-state index contributed by atoms with van der Waals surface area (Å²) in [6.07, 6.45) is 9.86. The average Bonchev–Trinajstić information content (AvgIpc) is 3.58. The highest BCUT2D eigenvalue weighted by atomic mass is 32.1. The first-order valence-corrected chi connectivity index (χ1v) is 12.2. The van der Waals surface area contributed by atoms with Crippen LogP contribution in [0.2, 0.25) is 0 Å². The van der Waals surface area contributed by atoms with Crippen LogP contribution in [0.25, 0.3) is 0 Å². The molecule has 4 rings (SSSR count). The second kappa shape index (κ2) is 9.99.